The zero-order valence-electron chi connectivity index (χ0n) is 10.5. The lowest BCUT2D eigenvalue weighted by atomic mass is 10.2. The van der Waals surface area contributed by atoms with Gasteiger partial charge in [-0.1, -0.05) is 13.8 Å². The second-order valence-electron chi connectivity index (χ2n) is 4.24. The number of nitrogen functional groups attached to an aromatic ring is 1. The molecule has 0 unspecified atom stereocenters. The summed E-state index contributed by atoms with van der Waals surface area (Å²) in [6.45, 7) is 7.85. The van der Waals surface area contributed by atoms with Crippen molar-refractivity contribution in [1.29, 1.82) is 0 Å². The smallest absolute Gasteiger partial charge is 0.163 e. The Balaban J connectivity index is 2.02. The van der Waals surface area contributed by atoms with Gasteiger partial charge in [0.1, 0.15) is 12.7 Å². The van der Waals surface area contributed by atoms with Crippen molar-refractivity contribution in [3.8, 4) is 11.5 Å². The molecule has 1 heterocycles. The van der Waals surface area contributed by atoms with Crippen molar-refractivity contribution in [2.45, 2.75) is 20.0 Å². The van der Waals surface area contributed by atoms with Crippen LogP contribution in [-0.2, 0) is 0 Å². The summed E-state index contributed by atoms with van der Waals surface area (Å²) in [5, 5.41) is 0. The van der Waals surface area contributed by atoms with Crippen molar-refractivity contribution in [3.63, 3.8) is 0 Å². The number of hydrogen-bond donors (Lipinski definition) is 1. The largest absolute Gasteiger partial charge is 0.486 e. The minimum absolute atomic E-state index is 0.0872. The molecule has 4 nitrogen and oxygen atoms in total. The van der Waals surface area contributed by atoms with Crippen LogP contribution in [0.4, 0.5) is 5.69 Å². The molecular weight excluding hydrogens is 216 g/mol. The van der Waals surface area contributed by atoms with Crippen LogP contribution < -0.4 is 15.2 Å². The summed E-state index contributed by atoms with van der Waals surface area (Å²) in [6, 6.07) is 5.51. The van der Waals surface area contributed by atoms with E-state index < -0.39 is 0 Å². The molecule has 2 rings (SSSR count). The predicted octanol–water partition coefficient (Wildman–Crippen LogP) is 1.75. The molecule has 0 spiro atoms. The van der Waals surface area contributed by atoms with Crippen LogP contribution in [0.3, 0.4) is 0 Å². The number of rotatable bonds is 4. The van der Waals surface area contributed by atoms with Gasteiger partial charge in [0.15, 0.2) is 11.5 Å². The van der Waals surface area contributed by atoms with Gasteiger partial charge in [-0.2, -0.15) is 0 Å². The fourth-order valence-electron chi connectivity index (χ4n) is 1.99. The van der Waals surface area contributed by atoms with Gasteiger partial charge in [-0.3, -0.25) is 0 Å². The van der Waals surface area contributed by atoms with E-state index in [0.29, 0.717) is 12.3 Å². The molecule has 1 aliphatic rings. The zero-order valence-corrected chi connectivity index (χ0v) is 10.5. The van der Waals surface area contributed by atoms with Crippen molar-refractivity contribution >= 4 is 5.69 Å². The van der Waals surface area contributed by atoms with Gasteiger partial charge in [-0.05, 0) is 25.2 Å². The lowest BCUT2D eigenvalue weighted by molar-refractivity contribution is 0.0616. The number of hydrogen-bond acceptors (Lipinski definition) is 4. The van der Waals surface area contributed by atoms with E-state index in [1.807, 2.05) is 18.2 Å². The maximum absolute atomic E-state index is 5.90. The van der Waals surface area contributed by atoms with Crippen molar-refractivity contribution < 1.29 is 9.47 Å². The van der Waals surface area contributed by atoms with Crippen LogP contribution in [0.2, 0.25) is 0 Å². The van der Waals surface area contributed by atoms with Gasteiger partial charge in [0.25, 0.3) is 0 Å². The molecule has 1 aromatic rings. The molecule has 17 heavy (non-hydrogen) atoms. The molecule has 4 heteroatoms. The van der Waals surface area contributed by atoms with Gasteiger partial charge in [0, 0.05) is 18.3 Å². The van der Waals surface area contributed by atoms with Crippen molar-refractivity contribution in [1.82, 2.24) is 4.90 Å². The summed E-state index contributed by atoms with van der Waals surface area (Å²) >= 11 is 0. The molecule has 0 amide bonds. The van der Waals surface area contributed by atoms with Gasteiger partial charge in [0.05, 0.1) is 0 Å². The van der Waals surface area contributed by atoms with Crippen molar-refractivity contribution in [2.24, 2.45) is 0 Å². The molecule has 0 radical (unpaired) electrons. The van der Waals surface area contributed by atoms with Gasteiger partial charge < -0.3 is 20.1 Å². The SMILES string of the molecule is CCN(CC)C[C@@H]1COc2ccc(N)cc2O1. The standard InChI is InChI=1S/C13H20N2O2/c1-3-15(4-2)8-11-9-16-12-6-5-10(14)7-13(12)17-11/h5-7,11H,3-4,8-9,14H2,1-2H3/t11-/m1/s1. The molecule has 2 N–H and O–H groups in total. The number of nitrogens with zero attached hydrogens (tertiary/aromatic N) is 1. The molecule has 94 valence electrons. The van der Waals surface area contributed by atoms with Gasteiger partial charge in [-0.15, -0.1) is 0 Å². The molecule has 0 aromatic heterocycles. The third-order valence-corrected chi connectivity index (χ3v) is 3.04. The Hall–Kier alpha value is -1.42. The Labute approximate surface area is 102 Å². The molecule has 0 bridgehead atoms. The summed E-state index contributed by atoms with van der Waals surface area (Å²) in [5.41, 5.74) is 6.44. The maximum Gasteiger partial charge on any atom is 0.163 e. The average molecular weight is 236 g/mol. The summed E-state index contributed by atoms with van der Waals surface area (Å²) in [4.78, 5) is 2.32. The first-order valence-electron chi connectivity index (χ1n) is 6.14. The average Bonchev–Trinajstić information content (AvgIpc) is 2.35. The lowest BCUT2D eigenvalue weighted by Crippen LogP contribution is -2.40. The Morgan fingerprint density at radius 1 is 1.29 bits per heavy atom. The van der Waals surface area contributed by atoms with Crippen LogP contribution in [0.5, 0.6) is 11.5 Å². The molecule has 0 saturated heterocycles. The summed E-state index contributed by atoms with van der Waals surface area (Å²) in [5.74, 6) is 1.54. The summed E-state index contributed by atoms with van der Waals surface area (Å²) < 4.78 is 11.6. The summed E-state index contributed by atoms with van der Waals surface area (Å²) in [6.07, 6.45) is 0.0872. The number of likely N-dealkylation sites (N-methyl/N-ethyl adjacent to an activating group) is 1. The van der Waals surface area contributed by atoms with Crippen LogP contribution >= 0.6 is 0 Å². The topological polar surface area (TPSA) is 47.7 Å². The third kappa shape index (κ3) is 2.82. The highest BCUT2D eigenvalue weighted by molar-refractivity contribution is 5.52. The van der Waals surface area contributed by atoms with E-state index in [1.165, 1.54) is 0 Å². The van der Waals surface area contributed by atoms with Crippen LogP contribution in [0.25, 0.3) is 0 Å². The van der Waals surface area contributed by atoms with Gasteiger partial charge in [-0.25, -0.2) is 0 Å². The minimum Gasteiger partial charge on any atom is -0.486 e. The number of ether oxygens (including phenoxy) is 2. The first-order valence-corrected chi connectivity index (χ1v) is 6.14. The highest BCUT2D eigenvalue weighted by Crippen LogP contribution is 2.33. The Morgan fingerprint density at radius 3 is 2.76 bits per heavy atom. The quantitative estimate of drug-likeness (QED) is 0.809. The van der Waals surface area contributed by atoms with E-state index in [1.54, 1.807) is 0 Å². The van der Waals surface area contributed by atoms with Crippen molar-refractivity contribution in [2.75, 3.05) is 32.0 Å². The third-order valence-electron chi connectivity index (χ3n) is 3.04. The molecule has 1 aliphatic heterocycles. The molecule has 0 saturated carbocycles. The van der Waals surface area contributed by atoms with Crippen LogP contribution in [-0.4, -0.2) is 37.2 Å². The molecule has 0 aliphatic carbocycles. The van der Waals surface area contributed by atoms with E-state index in [2.05, 4.69) is 18.7 Å². The molecule has 0 fully saturated rings. The van der Waals surface area contributed by atoms with E-state index in [0.717, 1.165) is 31.1 Å². The fraction of sp³-hybridized carbons (Fsp3) is 0.538. The first-order chi connectivity index (χ1) is 8.22. The monoisotopic (exact) mass is 236 g/mol. The highest BCUT2D eigenvalue weighted by Gasteiger charge is 2.22. The summed E-state index contributed by atoms with van der Waals surface area (Å²) in [7, 11) is 0. The Bertz CT molecular complexity index is 378. The lowest BCUT2D eigenvalue weighted by Gasteiger charge is -2.30. The fourth-order valence-corrected chi connectivity index (χ4v) is 1.99. The van der Waals surface area contributed by atoms with Crippen LogP contribution in [0, 0.1) is 0 Å². The maximum atomic E-state index is 5.90. The van der Waals surface area contributed by atoms with Crippen LogP contribution in [0.15, 0.2) is 18.2 Å². The second kappa shape index (κ2) is 5.27. The number of anilines is 1. The number of fused-ring (bicyclic) bond motifs is 1. The van der Waals surface area contributed by atoms with E-state index in [9.17, 15) is 0 Å². The molecular formula is C13H20N2O2. The molecule has 1 aromatic carbocycles. The normalized spacial score (nSPS) is 18.4. The minimum atomic E-state index is 0.0872. The van der Waals surface area contributed by atoms with Crippen LogP contribution in [0.1, 0.15) is 13.8 Å². The first kappa shape index (κ1) is 12.0. The zero-order chi connectivity index (χ0) is 12.3. The molecule has 1 atom stereocenters. The van der Waals surface area contributed by atoms with E-state index >= 15 is 0 Å². The van der Waals surface area contributed by atoms with E-state index in [-0.39, 0.29) is 6.10 Å². The predicted molar refractivity (Wildman–Crippen MR) is 68.6 cm³/mol. The van der Waals surface area contributed by atoms with Crippen molar-refractivity contribution in [3.05, 3.63) is 18.2 Å². The van der Waals surface area contributed by atoms with Gasteiger partial charge >= 0.3 is 0 Å². The number of nitrogens with two attached hydrogens (primary N) is 1. The highest BCUT2D eigenvalue weighted by atomic mass is 16.6. The van der Waals surface area contributed by atoms with E-state index in [4.69, 9.17) is 15.2 Å². The van der Waals surface area contributed by atoms with Gasteiger partial charge in [0.2, 0.25) is 0 Å². The second-order valence-corrected chi connectivity index (χ2v) is 4.24. The Kier molecular flexibility index (Phi) is 3.74. The Morgan fingerprint density at radius 2 is 2.06 bits per heavy atom. The number of benzene rings is 1.